The summed E-state index contributed by atoms with van der Waals surface area (Å²) >= 11 is 0. The molecule has 0 bridgehead atoms. The van der Waals surface area contributed by atoms with E-state index < -0.39 is 11.8 Å². The highest BCUT2D eigenvalue weighted by atomic mass is 16.1. The molecule has 1 aliphatic rings. The first-order valence-corrected chi connectivity index (χ1v) is 12.1. The van der Waals surface area contributed by atoms with Crippen molar-refractivity contribution in [3.05, 3.63) is 94.1 Å². The Bertz CT molecular complexity index is 1410. The fourth-order valence-electron chi connectivity index (χ4n) is 5.14. The van der Waals surface area contributed by atoms with Crippen molar-refractivity contribution >= 4 is 34.2 Å². The Labute approximate surface area is 207 Å². The van der Waals surface area contributed by atoms with Crippen LogP contribution in [-0.4, -0.2) is 11.8 Å². The Hall–Kier alpha value is -3.66. The predicted molar refractivity (Wildman–Crippen MR) is 145 cm³/mol. The minimum absolute atomic E-state index is 0.131. The number of nitrogens with two attached hydrogens (primary N) is 2. The smallest absolute Gasteiger partial charge is 0.248 e. The van der Waals surface area contributed by atoms with Gasteiger partial charge in [-0.1, -0.05) is 64.1 Å². The number of amides is 2. The summed E-state index contributed by atoms with van der Waals surface area (Å²) in [6.07, 6.45) is 5.78. The second kappa shape index (κ2) is 8.84. The van der Waals surface area contributed by atoms with Gasteiger partial charge in [-0.25, -0.2) is 0 Å². The van der Waals surface area contributed by atoms with Crippen molar-refractivity contribution in [3.8, 4) is 0 Å². The largest absolute Gasteiger partial charge is 0.366 e. The molecule has 3 aromatic carbocycles. The minimum Gasteiger partial charge on any atom is -0.366 e. The Morgan fingerprint density at radius 2 is 1.40 bits per heavy atom. The number of carbonyl (C=O) groups excluding carboxylic acids is 2. The fourth-order valence-corrected chi connectivity index (χ4v) is 5.14. The summed E-state index contributed by atoms with van der Waals surface area (Å²) in [4.78, 5) is 23.4. The lowest BCUT2D eigenvalue weighted by Gasteiger charge is -2.42. The van der Waals surface area contributed by atoms with Crippen molar-refractivity contribution in [1.82, 2.24) is 0 Å². The van der Waals surface area contributed by atoms with E-state index in [4.69, 9.17) is 11.5 Å². The highest BCUT2D eigenvalue weighted by Crippen LogP contribution is 2.47. The SMILES string of the molecule is CC(=C/C(N)=O)/C(=C/c1ccc2cc3c(cc2c1)C(C)(C)CCC3(C)C)c1cccc(C(N)=O)c1. The van der Waals surface area contributed by atoms with Gasteiger partial charge >= 0.3 is 0 Å². The molecule has 0 saturated carbocycles. The van der Waals surface area contributed by atoms with E-state index in [2.05, 4.69) is 58.0 Å². The molecule has 0 radical (unpaired) electrons. The van der Waals surface area contributed by atoms with Crippen LogP contribution >= 0.6 is 0 Å². The zero-order valence-corrected chi connectivity index (χ0v) is 21.2. The van der Waals surface area contributed by atoms with E-state index in [1.165, 1.54) is 34.4 Å². The van der Waals surface area contributed by atoms with Gasteiger partial charge in [0.25, 0.3) is 0 Å². The van der Waals surface area contributed by atoms with E-state index in [1.807, 2.05) is 19.1 Å². The van der Waals surface area contributed by atoms with Crippen LogP contribution in [0.2, 0.25) is 0 Å². The van der Waals surface area contributed by atoms with Crippen LogP contribution in [0.5, 0.6) is 0 Å². The maximum Gasteiger partial charge on any atom is 0.248 e. The van der Waals surface area contributed by atoms with Gasteiger partial charge in [0.2, 0.25) is 11.8 Å². The van der Waals surface area contributed by atoms with Crippen LogP contribution < -0.4 is 11.5 Å². The number of hydrogen-bond acceptors (Lipinski definition) is 2. The first kappa shape index (κ1) is 24.5. The van der Waals surface area contributed by atoms with Crippen molar-refractivity contribution in [3.63, 3.8) is 0 Å². The number of carbonyl (C=O) groups is 2. The second-order valence-corrected chi connectivity index (χ2v) is 11.0. The van der Waals surface area contributed by atoms with Crippen molar-refractivity contribution < 1.29 is 9.59 Å². The van der Waals surface area contributed by atoms with Crippen molar-refractivity contribution in [1.29, 1.82) is 0 Å². The Balaban J connectivity index is 1.89. The van der Waals surface area contributed by atoms with Crippen molar-refractivity contribution in [2.24, 2.45) is 11.5 Å². The van der Waals surface area contributed by atoms with Crippen LogP contribution in [0.3, 0.4) is 0 Å². The first-order chi connectivity index (χ1) is 16.4. The van der Waals surface area contributed by atoms with Gasteiger partial charge in [0.1, 0.15) is 0 Å². The van der Waals surface area contributed by atoms with Gasteiger partial charge in [0.05, 0.1) is 0 Å². The molecule has 4 N–H and O–H groups in total. The lowest BCUT2D eigenvalue weighted by Crippen LogP contribution is -2.33. The van der Waals surface area contributed by atoms with Crippen LogP contribution in [0, 0.1) is 0 Å². The normalized spacial score (nSPS) is 17.2. The monoisotopic (exact) mass is 466 g/mol. The molecule has 4 rings (SSSR count). The van der Waals surface area contributed by atoms with E-state index >= 15 is 0 Å². The Kier molecular flexibility index (Phi) is 6.18. The summed E-state index contributed by atoms with van der Waals surface area (Å²) in [6.45, 7) is 11.2. The number of rotatable bonds is 5. The molecule has 0 atom stereocenters. The van der Waals surface area contributed by atoms with E-state index in [9.17, 15) is 9.59 Å². The zero-order valence-electron chi connectivity index (χ0n) is 21.2. The summed E-state index contributed by atoms with van der Waals surface area (Å²) in [5.41, 5.74) is 17.8. The fraction of sp³-hybridized carbons (Fsp3) is 0.290. The van der Waals surface area contributed by atoms with Gasteiger partial charge in [-0.15, -0.1) is 0 Å². The van der Waals surface area contributed by atoms with Crippen LogP contribution in [0.15, 0.2) is 66.2 Å². The lowest BCUT2D eigenvalue weighted by atomic mass is 9.63. The topological polar surface area (TPSA) is 86.2 Å². The van der Waals surface area contributed by atoms with Gasteiger partial charge in [0.15, 0.2) is 0 Å². The number of benzene rings is 3. The maximum atomic E-state index is 11.8. The molecular weight excluding hydrogens is 432 g/mol. The Morgan fingerprint density at radius 1 is 0.800 bits per heavy atom. The number of fused-ring (bicyclic) bond motifs is 2. The van der Waals surface area contributed by atoms with E-state index in [0.717, 1.165) is 23.1 Å². The molecule has 3 aromatic rings. The summed E-state index contributed by atoms with van der Waals surface area (Å²) in [6, 6.07) is 18.2. The molecule has 0 heterocycles. The van der Waals surface area contributed by atoms with Gasteiger partial charge in [-0.3, -0.25) is 9.59 Å². The molecule has 0 aliphatic heterocycles. The standard InChI is InChI=1S/C31H34N2O2/c1-19(13-28(32)34)25(22-7-6-8-23(16-22)29(33)35)15-20-9-10-21-17-26-27(18-24(21)14-20)31(4,5)12-11-30(26,2)3/h6-10,13-18H,11-12H2,1-5H3,(H2,32,34)(H2,33,35)/b19-13-,25-15-. The lowest BCUT2D eigenvalue weighted by molar-refractivity contribution is -0.113. The van der Waals surface area contributed by atoms with E-state index in [1.54, 1.807) is 18.2 Å². The third-order valence-electron chi connectivity index (χ3n) is 7.39. The van der Waals surface area contributed by atoms with Gasteiger partial charge < -0.3 is 11.5 Å². The molecule has 0 unspecified atom stereocenters. The molecule has 0 spiro atoms. The van der Waals surface area contributed by atoms with Crippen molar-refractivity contribution in [2.45, 2.75) is 58.3 Å². The quantitative estimate of drug-likeness (QED) is 0.264. The number of primary amides is 2. The molecule has 1 aliphatic carbocycles. The van der Waals surface area contributed by atoms with Gasteiger partial charge in [0, 0.05) is 11.6 Å². The average Bonchev–Trinajstić information content (AvgIpc) is 2.79. The highest BCUT2D eigenvalue weighted by molar-refractivity contribution is 6.00. The average molecular weight is 467 g/mol. The summed E-state index contributed by atoms with van der Waals surface area (Å²) in [5, 5.41) is 2.40. The molecular formula is C31H34N2O2. The zero-order chi connectivity index (χ0) is 25.5. The highest BCUT2D eigenvalue weighted by Gasteiger charge is 2.37. The third kappa shape index (κ3) is 4.93. The first-order valence-electron chi connectivity index (χ1n) is 12.1. The number of allylic oxidation sites excluding steroid dienone is 2. The molecule has 4 heteroatoms. The Morgan fingerprint density at radius 3 is 2.00 bits per heavy atom. The maximum absolute atomic E-state index is 11.8. The third-order valence-corrected chi connectivity index (χ3v) is 7.39. The molecule has 0 fully saturated rings. The molecule has 180 valence electrons. The van der Waals surface area contributed by atoms with Gasteiger partial charge in [-0.05, 0) is 99.0 Å². The summed E-state index contributed by atoms with van der Waals surface area (Å²) in [7, 11) is 0. The molecule has 4 nitrogen and oxygen atoms in total. The van der Waals surface area contributed by atoms with Crippen molar-refractivity contribution in [2.75, 3.05) is 0 Å². The van der Waals surface area contributed by atoms with Crippen LogP contribution in [0.1, 0.15) is 80.1 Å². The summed E-state index contributed by atoms with van der Waals surface area (Å²) in [5.74, 6) is -1.02. The van der Waals surface area contributed by atoms with Crippen LogP contribution in [0.25, 0.3) is 22.4 Å². The molecule has 2 amide bonds. The van der Waals surface area contributed by atoms with Crippen LogP contribution in [-0.2, 0) is 15.6 Å². The molecule has 0 aromatic heterocycles. The summed E-state index contributed by atoms with van der Waals surface area (Å²) < 4.78 is 0. The van der Waals surface area contributed by atoms with Crippen LogP contribution in [0.4, 0.5) is 0 Å². The molecule has 35 heavy (non-hydrogen) atoms. The molecule has 0 saturated heterocycles. The van der Waals surface area contributed by atoms with E-state index in [-0.39, 0.29) is 10.8 Å². The second-order valence-electron chi connectivity index (χ2n) is 11.0. The predicted octanol–water partition coefficient (Wildman–Crippen LogP) is 6.26. The van der Waals surface area contributed by atoms with Gasteiger partial charge in [-0.2, -0.15) is 0 Å². The number of hydrogen-bond donors (Lipinski definition) is 2. The minimum atomic E-state index is -0.519. The van der Waals surface area contributed by atoms with E-state index in [0.29, 0.717) is 11.1 Å².